The molecule has 3 aliphatic rings. The number of aliphatic hydroxyl groups is 1. The van der Waals surface area contributed by atoms with E-state index in [-0.39, 0.29) is 37.1 Å². The fraction of sp³-hybridized carbons (Fsp3) is 0.417. The second-order valence-electron chi connectivity index (χ2n) is 8.52. The minimum Gasteiger partial charge on any atom is -0.448 e. The lowest BCUT2D eigenvalue weighted by Gasteiger charge is -2.50. The molecule has 6 nitrogen and oxygen atoms in total. The molecular weight excluding hydrogens is 380 g/mol. The van der Waals surface area contributed by atoms with Crippen molar-refractivity contribution < 1.29 is 19.4 Å². The van der Waals surface area contributed by atoms with Crippen molar-refractivity contribution in [3.63, 3.8) is 0 Å². The summed E-state index contributed by atoms with van der Waals surface area (Å²) in [6, 6.07) is 18.0. The van der Waals surface area contributed by atoms with E-state index in [9.17, 15) is 9.90 Å². The fourth-order valence-electron chi connectivity index (χ4n) is 5.33. The normalized spacial score (nSPS) is 27.1. The first-order chi connectivity index (χ1) is 14.6. The number of carbonyl (C=O) groups is 1. The van der Waals surface area contributed by atoms with Gasteiger partial charge in [0.15, 0.2) is 0 Å². The highest BCUT2D eigenvalue weighted by Crippen LogP contribution is 2.45. The Hall–Kier alpha value is -2.88. The number of hydrogen-bond donors (Lipinski definition) is 1. The van der Waals surface area contributed by atoms with Crippen LogP contribution in [0.4, 0.5) is 4.79 Å². The maximum atomic E-state index is 13.1. The maximum absolute atomic E-state index is 13.1. The average Bonchev–Trinajstić information content (AvgIpc) is 3.05. The van der Waals surface area contributed by atoms with Crippen LogP contribution in [0.5, 0.6) is 0 Å². The number of amides is 1. The number of nitriles is 1. The number of fused-ring (bicyclic) bond motifs is 5. The Labute approximate surface area is 175 Å². The summed E-state index contributed by atoms with van der Waals surface area (Å²) in [6.07, 6.45) is 0.371. The van der Waals surface area contributed by atoms with E-state index in [1.807, 2.05) is 24.3 Å². The van der Waals surface area contributed by atoms with Gasteiger partial charge in [0, 0.05) is 18.8 Å². The van der Waals surface area contributed by atoms with Crippen LogP contribution in [0.15, 0.2) is 48.5 Å². The molecule has 0 radical (unpaired) electrons. The molecule has 2 unspecified atom stereocenters. The molecule has 2 saturated heterocycles. The summed E-state index contributed by atoms with van der Waals surface area (Å²) in [6.45, 7) is 0.981. The minimum atomic E-state index is -1.06. The number of benzene rings is 2. The molecule has 0 saturated carbocycles. The SMILES string of the molecule is N#CCC1(O)CC2COCC(C1)N2C(=O)OCC1c2ccccc2-c2ccccc21. The molecule has 0 spiro atoms. The van der Waals surface area contributed by atoms with Gasteiger partial charge in [-0.1, -0.05) is 48.5 Å². The molecule has 154 valence electrons. The van der Waals surface area contributed by atoms with Gasteiger partial charge >= 0.3 is 6.09 Å². The Bertz CT molecular complexity index is 955. The third kappa shape index (κ3) is 3.15. The third-order valence-corrected chi connectivity index (χ3v) is 6.59. The number of nitrogens with zero attached hydrogens (tertiary/aromatic N) is 2. The molecule has 0 aromatic heterocycles. The zero-order valence-electron chi connectivity index (χ0n) is 16.7. The van der Waals surface area contributed by atoms with E-state index >= 15 is 0 Å². The Balaban J connectivity index is 1.33. The lowest BCUT2D eigenvalue weighted by atomic mass is 9.80. The summed E-state index contributed by atoms with van der Waals surface area (Å²) >= 11 is 0. The van der Waals surface area contributed by atoms with Gasteiger partial charge in [-0.15, -0.1) is 0 Å². The first kappa shape index (κ1) is 19.1. The number of carbonyl (C=O) groups excluding carboxylic acids is 1. The maximum Gasteiger partial charge on any atom is 0.410 e. The van der Waals surface area contributed by atoms with Gasteiger partial charge < -0.3 is 14.6 Å². The fourth-order valence-corrected chi connectivity index (χ4v) is 5.33. The smallest absolute Gasteiger partial charge is 0.410 e. The van der Waals surface area contributed by atoms with Crippen LogP contribution in [0.2, 0.25) is 0 Å². The quantitative estimate of drug-likeness (QED) is 0.847. The molecule has 2 aliphatic heterocycles. The largest absolute Gasteiger partial charge is 0.448 e. The van der Waals surface area contributed by atoms with Crippen LogP contribution in [-0.4, -0.2) is 53.6 Å². The standard InChI is InChI=1S/C24H24N2O4/c25-10-9-24(28)11-16-13-29-14-17(12-24)26(16)23(27)30-15-22-20-7-3-1-5-18(20)19-6-2-4-8-21(19)22/h1-8,16-17,22,28H,9,11-15H2. The van der Waals surface area contributed by atoms with E-state index in [0.717, 1.165) is 0 Å². The lowest BCUT2D eigenvalue weighted by molar-refractivity contribution is -0.131. The summed E-state index contributed by atoms with van der Waals surface area (Å²) < 4.78 is 11.4. The highest BCUT2D eigenvalue weighted by Gasteiger charge is 2.48. The van der Waals surface area contributed by atoms with Gasteiger partial charge in [0.2, 0.25) is 0 Å². The predicted octanol–water partition coefficient (Wildman–Crippen LogP) is 3.44. The molecule has 1 aliphatic carbocycles. The Morgan fingerprint density at radius 3 is 2.23 bits per heavy atom. The van der Waals surface area contributed by atoms with E-state index in [0.29, 0.717) is 26.1 Å². The van der Waals surface area contributed by atoms with Crippen LogP contribution in [-0.2, 0) is 9.47 Å². The monoisotopic (exact) mass is 404 g/mol. The van der Waals surface area contributed by atoms with Crippen LogP contribution in [0.1, 0.15) is 36.3 Å². The molecule has 30 heavy (non-hydrogen) atoms. The van der Waals surface area contributed by atoms with Crippen molar-refractivity contribution in [3.05, 3.63) is 59.7 Å². The topological polar surface area (TPSA) is 82.8 Å². The van der Waals surface area contributed by atoms with Crippen molar-refractivity contribution in [1.82, 2.24) is 4.90 Å². The molecule has 6 heteroatoms. The van der Waals surface area contributed by atoms with E-state index < -0.39 is 5.60 Å². The second-order valence-corrected chi connectivity index (χ2v) is 8.52. The highest BCUT2D eigenvalue weighted by atomic mass is 16.6. The van der Waals surface area contributed by atoms with Crippen molar-refractivity contribution in [1.29, 1.82) is 5.26 Å². The van der Waals surface area contributed by atoms with E-state index in [1.54, 1.807) is 4.90 Å². The van der Waals surface area contributed by atoms with Gasteiger partial charge in [-0.3, -0.25) is 4.90 Å². The molecule has 2 atom stereocenters. The summed E-state index contributed by atoms with van der Waals surface area (Å²) in [5.74, 6) is 0.0118. The third-order valence-electron chi connectivity index (χ3n) is 6.59. The van der Waals surface area contributed by atoms with Gasteiger partial charge in [0.1, 0.15) is 6.61 Å². The van der Waals surface area contributed by atoms with Crippen LogP contribution < -0.4 is 0 Å². The molecule has 5 rings (SSSR count). The van der Waals surface area contributed by atoms with Crippen molar-refractivity contribution in [2.75, 3.05) is 19.8 Å². The van der Waals surface area contributed by atoms with Crippen LogP contribution in [0.25, 0.3) is 11.1 Å². The van der Waals surface area contributed by atoms with Gasteiger partial charge in [-0.05, 0) is 22.3 Å². The van der Waals surface area contributed by atoms with E-state index in [1.165, 1.54) is 22.3 Å². The Kier molecular flexibility index (Phi) is 4.73. The van der Waals surface area contributed by atoms with Gasteiger partial charge in [-0.25, -0.2) is 4.79 Å². The Morgan fingerprint density at radius 2 is 1.67 bits per heavy atom. The molecule has 1 amide bonds. The molecule has 2 aromatic rings. The molecule has 2 bridgehead atoms. The first-order valence-electron chi connectivity index (χ1n) is 10.4. The second kappa shape index (κ2) is 7.42. The summed E-state index contributed by atoms with van der Waals surface area (Å²) in [7, 11) is 0. The molecule has 2 aromatic carbocycles. The highest BCUT2D eigenvalue weighted by molar-refractivity contribution is 5.79. The predicted molar refractivity (Wildman–Crippen MR) is 110 cm³/mol. The number of morpholine rings is 1. The zero-order chi connectivity index (χ0) is 20.7. The molecule has 2 fully saturated rings. The van der Waals surface area contributed by atoms with Crippen LogP contribution >= 0.6 is 0 Å². The summed E-state index contributed by atoms with van der Waals surface area (Å²) in [5.41, 5.74) is 3.68. The van der Waals surface area contributed by atoms with Crippen molar-refractivity contribution in [2.24, 2.45) is 0 Å². The summed E-state index contributed by atoms with van der Waals surface area (Å²) in [5, 5.41) is 19.8. The Morgan fingerprint density at radius 1 is 1.10 bits per heavy atom. The van der Waals surface area contributed by atoms with Crippen LogP contribution in [0.3, 0.4) is 0 Å². The summed E-state index contributed by atoms with van der Waals surface area (Å²) in [4.78, 5) is 14.8. The first-order valence-corrected chi connectivity index (χ1v) is 10.4. The van der Waals surface area contributed by atoms with Crippen LogP contribution in [0, 0.1) is 11.3 Å². The molecular formula is C24H24N2O4. The van der Waals surface area contributed by atoms with E-state index in [2.05, 4.69) is 30.3 Å². The van der Waals surface area contributed by atoms with Gasteiger partial charge in [0.25, 0.3) is 0 Å². The van der Waals surface area contributed by atoms with E-state index in [4.69, 9.17) is 14.7 Å². The number of piperidine rings is 1. The van der Waals surface area contributed by atoms with Gasteiger partial charge in [0.05, 0.1) is 43.4 Å². The van der Waals surface area contributed by atoms with Gasteiger partial charge in [-0.2, -0.15) is 5.26 Å². The molecule has 2 heterocycles. The van der Waals surface area contributed by atoms with Crippen molar-refractivity contribution >= 4 is 6.09 Å². The zero-order valence-corrected chi connectivity index (χ0v) is 16.7. The number of rotatable bonds is 3. The number of ether oxygens (including phenoxy) is 2. The van der Waals surface area contributed by atoms with Crippen molar-refractivity contribution in [3.8, 4) is 17.2 Å². The number of hydrogen-bond acceptors (Lipinski definition) is 5. The molecule has 1 N–H and O–H groups in total. The van der Waals surface area contributed by atoms with Crippen molar-refractivity contribution in [2.45, 2.75) is 42.9 Å². The lowest BCUT2D eigenvalue weighted by Crippen LogP contribution is -2.63. The minimum absolute atomic E-state index is 0.0118. The average molecular weight is 404 g/mol.